The monoisotopic (exact) mass is 369 g/mol. The first-order valence-corrected chi connectivity index (χ1v) is 9.31. The molecule has 26 heavy (non-hydrogen) atoms. The smallest absolute Gasteiger partial charge is 0.0800 e. The minimum absolute atomic E-state index is 0.161. The molecule has 4 rings (SSSR count). The zero-order valence-corrected chi connectivity index (χ0v) is 16.2. The third-order valence-electron chi connectivity index (χ3n) is 5.62. The number of aromatic nitrogens is 2. The first-order valence-electron chi connectivity index (χ1n) is 8.93. The van der Waals surface area contributed by atoms with Gasteiger partial charge in [-0.1, -0.05) is 18.5 Å². The van der Waals surface area contributed by atoms with Gasteiger partial charge in [0, 0.05) is 59.6 Å². The number of nitrogens with zero attached hydrogens (tertiary/aromatic N) is 3. The number of aryl methyl sites for hydroxylation is 1. The van der Waals surface area contributed by atoms with Crippen molar-refractivity contribution < 1.29 is 5.11 Å². The Morgan fingerprint density at radius 3 is 2.69 bits per heavy atom. The van der Waals surface area contributed by atoms with Gasteiger partial charge in [0.05, 0.1) is 6.10 Å². The van der Waals surface area contributed by atoms with E-state index in [2.05, 4.69) is 47.6 Å². The van der Waals surface area contributed by atoms with Gasteiger partial charge < -0.3 is 14.6 Å². The van der Waals surface area contributed by atoms with Crippen LogP contribution in [0.2, 0.25) is 5.02 Å². The van der Waals surface area contributed by atoms with Crippen LogP contribution in [-0.2, 0) is 19.0 Å². The van der Waals surface area contributed by atoms with Crippen molar-refractivity contribution in [2.24, 2.45) is 7.05 Å². The summed E-state index contributed by atoms with van der Waals surface area (Å²) < 4.78 is 2.28. The highest BCUT2D eigenvalue weighted by molar-refractivity contribution is 6.31. The van der Waals surface area contributed by atoms with Crippen LogP contribution in [0.15, 0.2) is 42.7 Å². The number of aliphatic hydroxyl groups excluding tert-OH is 1. The van der Waals surface area contributed by atoms with E-state index in [0.717, 1.165) is 23.7 Å². The van der Waals surface area contributed by atoms with Gasteiger partial charge in [-0.25, -0.2) is 0 Å². The van der Waals surface area contributed by atoms with Crippen LogP contribution < -0.4 is 0 Å². The molecule has 0 saturated carbocycles. The van der Waals surface area contributed by atoms with Crippen LogP contribution in [-0.4, -0.2) is 33.1 Å². The fourth-order valence-corrected chi connectivity index (χ4v) is 4.88. The number of hydrogen-bond donors (Lipinski definition) is 1. The van der Waals surface area contributed by atoms with Gasteiger partial charge in [-0.2, -0.15) is 0 Å². The third-order valence-corrected chi connectivity index (χ3v) is 5.85. The van der Waals surface area contributed by atoms with Crippen LogP contribution in [0.1, 0.15) is 36.3 Å². The molecule has 136 valence electrons. The second-order valence-electron chi connectivity index (χ2n) is 7.78. The Morgan fingerprint density at radius 1 is 1.23 bits per heavy atom. The van der Waals surface area contributed by atoms with Gasteiger partial charge in [-0.15, -0.1) is 0 Å². The van der Waals surface area contributed by atoms with Crippen LogP contribution >= 0.6 is 11.6 Å². The van der Waals surface area contributed by atoms with Crippen LogP contribution in [0.4, 0.5) is 0 Å². The minimum Gasteiger partial charge on any atom is -0.388 e. The Kier molecular flexibility index (Phi) is 4.30. The number of rotatable bonds is 3. The normalized spacial score (nSPS) is 21.7. The lowest BCUT2D eigenvalue weighted by atomic mass is 9.75. The van der Waals surface area contributed by atoms with E-state index >= 15 is 0 Å². The van der Waals surface area contributed by atoms with Crippen LogP contribution in [0.5, 0.6) is 0 Å². The largest absolute Gasteiger partial charge is 0.388 e. The Labute approximate surface area is 159 Å². The highest BCUT2D eigenvalue weighted by atomic mass is 35.5. The summed E-state index contributed by atoms with van der Waals surface area (Å²) in [4.78, 5) is 6.39. The Hall–Kier alpha value is -1.88. The lowest BCUT2D eigenvalue weighted by Crippen LogP contribution is -2.44. The van der Waals surface area contributed by atoms with Gasteiger partial charge in [0.1, 0.15) is 0 Å². The molecule has 4 nitrogen and oxygen atoms in total. The molecule has 2 atom stereocenters. The molecule has 3 heterocycles. The molecule has 2 aromatic heterocycles. The summed E-state index contributed by atoms with van der Waals surface area (Å²) in [6.45, 7) is 4.06. The van der Waals surface area contributed by atoms with E-state index in [1.54, 1.807) is 12.4 Å². The second-order valence-corrected chi connectivity index (χ2v) is 8.22. The average molecular weight is 370 g/mol. The molecule has 1 aromatic carbocycles. The topological polar surface area (TPSA) is 41.3 Å². The summed E-state index contributed by atoms with van der Waals surface area (Å²) >= 11 is 6.27. The van der Waals surface area contributed by atoms with E-state index in [4.69, 9.17) is 11.6 Å². The van der Waals surface area contributed by atoms with Crippen molar-refractivity contribution >= 4 is 22.5 Å². The van der Waals surface area contributed by atoms with Gasteiger partial charge in [0.2, 0.25) is 0 Å². The molecular formula is C21H24ClN3O. The molecule has 1 N–H and O–H groups in total. The van der Waals surface area contributed by atoms with E-state index in [-0.39, 0.29) is 5.41 Å². The van der Waals surface area contributed by atoms with E-state index < -0.39 is 6.10 Å². The summed E-state index contributed by atoms with van der Waals surface area (Å²) in [5.41, 5.74) is 4.58. The Bertz CT molecular complexity index is 953. The zero-order valence-electron chi connectivity index (χ0n) is 15.4. The number of fused-ring (bicyclic) bond motifs is 3. The zero-order chi connectivity index (χ0) is 18.5. The van der Waals surface area contributed by atoms with Crippen LogP contribution in [0.25, 0.3) is 10.9 Å². The minimum atomic E-state index is -0.524. The van der Waals surface area contributed by atoms with Crippen molar-refractivity contribution in [3.63, 3.8) is 0 Å². The summed E-state index contributed by atoms with van der Waals surface area (Å²) in [6, 6.07) is 9.89. The van der Waals surface area contributed by atoms with Crippen LogP contribution in [0.3, 0.4) is 0 Å². The number of pyridine rings is 1. The van der Waals surface area contributed by atoms with Crippen molar-refractivity contribution in [3.05, 3.63) is 64.6 Å². The molecule has 1 aliphatic heterocycles. The van der Waals surface area contributed by atoms with Crippen molar-refractivity contribution in [3.8, 4) is 0 Å². The Morgan fingerprint density at radius 2 is 1.96 bits per heavy atom. The predicted octanol–water partition coefficient (Wildman–Crippen LogP) is 4.05. The van der Waals surface area contributed by atoms with Gasteiger partial charge >= 0.3 is 0 Å². The van der Waals surface area contributed by atoms with Gasteiger partial charge in [0.25, 0.3) is 0 Å². The number of halogens is 1. The fourth-order valence-electron chi connectivity index (χ4n) is 4.71. The average Bonchev–Trinajstić information content (AvgIpc) is 2.87. The molecule has 0 fully saturated rings. The lowest BCUT2D eigenvalue weighted by molar-refractivity contribution is 0.107. The summed E-state index contributed by atoms with van der Waals surface area (Å²) in [5.74, 6) is 0. The molecule has 0 bridgehead atoms. The molecule has 0 amide bonds. The maximum absolute atomic E-state index is 10.9. The number of hydrogen-bond acceptors (Lipinski definition) is 3. The lowest BCUT2D eigenvalue weighted by Gasteiger charge is -2.41. The fraction of sp³-hybridized carbons (Fsp3) is 0.381. The molecule has 3 aromatic rings. The first-order chi connectivity index (χ1) is 12.4. The van der Waals surface area contributed by atoms with E-state index in [1.807, 2.05) is 18.2 Å². The molecule has 1 aliphatic rings. The third kappa shape index (κ3) is 2.82. The van der Waals surface area contributed by atoms with Crippen molar-refractivity contribution in [1.29, 1.82) is 0 Å². The van der Waals surface area contributed by atoms with Crippen molar-refractivity contribution in [2.45, 2.75) is 31.4 Å². The molecule has 5 heteroatoms. The van der Waals surface area contributed by atoms with Gasteiger partial charge in [0.15, 0.2) is 0 Å². The summed E-state index contributed by atoms with van der Waals surface area (Å²) in [5, 5.41) is 12.9. The second kappa shape index (κ2) is 6.38. The highest BCUT2D eigenvalue weighted by Gasteiger charge is 2.40. The molecular weight excluding hydrogens is 346 g/mol. The SMILES string of the molecule is CN1Cc2c(n(C)c3ccc(Cl)cc23)C(C)(CC(O)c2ccncc2)C1. The number of benzene rings is 1. The molecule has 0 radical (unpaired) electrons. The maximum atomic E-state index is 10.9. The molecule has 0 spiro atoms. The van der Waals surface area contributed by atoms with E-state index in [1.165, 1.54) is 22.2 Å². The molecule has 2 unspecified atom stereocenters. The predicted molar refractivity (Wildman–Crippen MR) is 105 cm³/mol. The quantitative estimate of drug-likeness (QED) is 0.757. The van der Waals surface area contributed by atoms with Gasteiger partial charge in [-0.3, -0.25) is 4.98 Å². The van der Waals surface area contributed by atoms with E-state index in [0.29, 0.717) is 6.42 Å². The van der Waals surface area contributed by atoms with Crippen LogP contribution in [0, 0.1) is 0 Å². The first kappa shape index (κ1) is 17.5. The number of likely N-dealkylation sites (N-methyl/N-ethyl adjacent to an activating group) is 1. The molecule has 0 saturated heterocycles. The van der Waals surface area contributed by atoms with Crippen molar-refractivity contribution in [2.75, 3.05) is 13.6 Å². The maximum Gasteiger partial charge on any atom is 0.0800 e. The summed E-state index contributed by atoms with van der Waals surface area (Å²) in [7, 11) is 4.26. The summed E-state index contributed by atoms with van der Waals surface area (Å²) in [6.07, 6.45) is 3.60. The molecule has 0 aliphatic carbocycles. The number of aliphatic hydroxyl groups is 1. The standard InChI is InChI=1S/C21H24ClN3O/c1-21(11-19(26)14-6-8-23-9-7-14)13-24(2)12-17-16-10-15(22)4-5-18(16)25(3)20(17)21/h4-10,19,26H,11-13H2,1-3H3. The van der Waals surface area contributed by atoms with Gasteiger partial charge in [-0.05, 0) is 54.9 Å². The van der Waals surface area contributed by atoms with Crippen molar-refractivity contribution in [1.82, 2.24) is 14.5 Å². The Balaban J connectivity index is 1.82. The highest BCUT2D eigenvalue weighted by Crippen LogP contribution is 2.43. The van der Waals surface area contributed by atoms with E-state index in [9.17, 15) is 5.11 Å².